The Kier molecular flexibility index (Phi) is 0.858. The Hall–Kier alpha value is -1.65. The first-order valence-electron chi connectivity index (χ1n) is 2.76. The number of aromatic amines is 1. The van der Waals surface area contributed by atoms with Gasteiger partial charge in [0.15, 0.2) is 5.65 Å². The van der Waals surface area contributed by atoms with Crippen LogP contribution < -0.4 is 5.56 Å². The second kappa shape index (κ2) is 1.66. The number of H-pyrrole nitrogens is 1. The van der Waals surface area contributed by atoms with Crippen molar-refractivity contribution >= 4 is 5.65 Å². The molecule has 0 amide bonds. The number of fused-ring (bicyclic) bond motifs is 1. The molecule has 0 aliphatic heterocycles. The van der Waals surface area contributed by atoms with E-state index >= 15 is 0 Å². The van der Waals surface area contributed by atoms with Crippen LogP contribution in [0.2, 0.25) is 0 Å². The minimum atomic E-state index is -0.199. The van der Waals surface area contributed by atoms with E-state index in [4.69, 9.17) is 0 Å². The Morgan fingerprint density at radius 3 is 3.30 bits per heavy atom. The lowest BCUT2D eigenvalue weighted by Crippen LogP contribution is -2.13. The van der Waals surface area contributed by atoms with Crippen molar-refractivity contribution in [3.05, 3.63) is 28.8 Å². The quantitative estimate of drug-likeness (QED) is 0.526. The summed E-state index contributed by atoms with van der Waals surface area (Å²) in [5.74, 6) is 0. The van der Waals surface area contributed by atoms with E-state index < -0.39 is 0 Å². The Bertz CT molecular complexity index is 401. The first kappa shape index (κ1) is 5.16. The molecule has 5 heteroatoms. The smallest absolute Gasteiger partial charge is 0.291 e. The first-order valence-corrected chi connectivity index (χ1v) is 2.76. The number of nitrogens with one attached hydrogen (secondary N) is 1. The van der Waals surface area contributed by atoms with Crippen LogP contribution in [0, 0.1) is 0 Å². The molecule has 0 spiro atoms. The second-order valence-corrected chi connectivity index (χ2v) is 1.84. The Labute approximate surface area is 55.3 Å². The van der Waals surface area contributed by atoms with E-state index in [9.17, 15) is 4.79 Å². The van der Waals surface area contributed by atoms with Gasteiger partial charge in [-0.05, 0) is 0 Å². The fourth-order valence-electron chi connectivity index (χ4n) is 0.777. The molecule has 0 fully saturated rings. The molecule has 1 N–H and O–H groups in total. The number of aromatic nitrogens is 4. The lowest BCUT2D eigenvalue weighted by Gasteiger charge is -1.85. The van der Waals surface area contributed by atoms with Crippen LogP contribution in [-0.2, 0) is 0 Å². The maximum atomic E-state index is 10.9. The van der Waals surface area contributed by atoms with Crippen LogP contribution in [0.1, 0.15) is 0 Å². The zero-order chi connectivity index (χ0) is 6.97. The minimum Gasteiger partial charge on any atom is -0.297 e. The van der Waals surface area contributed by atoms with Gasteiger partial charge in [-0.1, -0.05) is 0 Å². The van der Waals surface area contributed by atoms with Crippen molar-refractivity contribution in [3.63, 3.8) is 0 Å². The van der Waals surface area contributed by atoms with Crippen LogP contribution in [0.4, 0.5) is 0 Å². The van der Waals surface area contributed by atoms with Gasteiger partial charge < -0.3 is 0 Å². The van der Waals surface area contributed by atoms with Crippen molar-refractivity contribution in [1.29, 1.82) is 0 Å². The van der Waals surface area contributed by atoms with Crippen LogP contribution in [0.5, 0.6) is 0 Å². The molecule has 0 aliphatic carbocycles. The molecule has 2 aromatic rings. The maximum absolute atomic E-state index is 10.9. The van der Waals surface area contributed by atoms with Crippen LogP contribution in [0.3, 0.4) is 0 Å². The van der Waals surface area contributed by atoms with Gasteiger partial charge in [0.2, 0.25) is 0 Å². The molecule has 0 atom stereocenters. The summed E-state index contributed by atoms with van der Waals surface area (Å²) < 4.78 is 1.31. The third-order valence-electron chi connectivity index (χ3n) is 1.21. The standard InChI is InChI=1S/C5H4N4O/c10-5-3-6-8-4-1-2-7-9(4)5/h1-3,7H. The summed E-state index contributed by atoms with van der Waals surface area (Å²) in [7, 11) is 0. The van der Waals surface area contributed by atoms with Gasteiger partial charge in [-0.3, -0.25) is 9.89 Å². The molecule has 0 saturated carbocycles. The molecule has 10 heavy (non-hydrogen) atoms. The summed E-state index contributed by atoms with van der Waals surface area (Å²) in [4.78, 5) is 10.9. The van der Waals surface area contributed by atoms with Crippen molar-refractivity contribution in [2.75, 3.05) is 0 Å². The molecule has 0 saturated heterocycles. The van der Waals surface area contributed by atoms with Crippen LogP contribution in [-0.4, -0.2) is 19.8 Å². The van der Waals surface area contributed by atoms with Crippen molar-refractivity contribution in [3.8, 4) is 0 Å². The third-order valence-corrected chi connectivity index (χ3v) is 1.21. The van der Waals surface area contributed by atoms with Crippen molar-refractivity contribution in [2.45, 2.75) is 0 Å². The molecule has 2 rings (SSSR count). The summed E-state index contributed by atoms with van der Waals surface area (Å²) in [5.41, 5.74) is 0.336. The molecule has 50 valence electrons. The number of hydrogen-bond acceptors (Lipinski definition) is 3. The lowest BCUT2D eigenvalue weighted by atomic mass is 10.7. The molecular weight excluding hydrogens is 132 g/mol. The highest BCUT2D eigenvalue weighted by molar-refractivity contribution is 5.32. The van der Waals surface area contributed by atoms with Crippen LogP contribution in [0.15, 0.2) is 23.3 Å². The zero-order valence-corrected chi connectivity index (χ0v) is 4.98. The third kappa shape index (κ3) is 0.540. The highest BCUT2D eigenvalue weighted by Crippen LogP contribution is 1.87. The van der Waals surface area contributed by atoms with E-state index in [0.717, 1.165) is 6.20 Å². The normalized spacial score (nSPS) is 10.4. The molecular formula is C5H4N4O. The van der Waals surface area contributed by atoms with Gasteiger partial charge in [-0.25, -0.2) is 0 Å². The van der Waals surface area contributed by atoms with E-state index in [1.165, 1.54) is 4.52 Å². The summed E-state index contributed by atoms with van der Waals surface area (Å²) >= 11 is 0. The van der Waals surface area contributed by atoms with E-state index in [1.807, 2.05) is 0 Å². The summed E-state index contributed by atoms with van der Waals surface area (Å²) in [5, 5.41) is 9.85. The van der Waals surface area contributed by atoms with Crippen molar-refractivity contribution < 1.29 is 0 Å². The fraction of sp³-hybridized carbons (Fsp3) is 0. The Balaban J connectivity index is 3.09. The Morgan fingerprint density at radius 1 is 1.60 bits per heavy atom. The molecule has 5 nitrogen and oxygen atoms in total. The predicted octanol–water partition coefficient (Wildman–Crippen LogP) is -0.582. The molecule has 0 bridgehead atoms. The molecule has 2 heterocycles. The summed E-state index contributed by atoms with van der Waals surface area (Å²) in [6.07, 6.45) is 2.79. The van der Waals surface area contributed by atoms with Gasteiger partial charge >= 0.3 is 0 Å². The largest absolute Gasteiger partial charge is 0.297 e. The van der Waals surface area contributed by atoms with Crippen molar-refractivity contribution in [2.24, 2.45) is 0 Å². The monoisotopic (exact) mass is 136 g/mol. The van der Waals surface area contributed by atoms with E-state index in [-0.39, 0.29) is 5.56 Å². The van der Waals surface area contributed by atoms with Gasteiger partial charge in [-0.15, -0.1) is 5.10 Å². The number of rotatable bonds is 0. The zero-order valence-electron chi connectivity index (χ0n) is 4.98. The Morgan fingerprint density at radius 2 is 2.50 bits per heavy atom. The minimum absolute atomic E-state index is 0.199. The predicted molar refractivity (Wildman–Crippen MR) is 33.6 cm³/mol. The van der Waals surface area contributed by atoms with Gasteiger partial charge in [0.1, 0.15) is 6.20 Å². The summed E-state index contributed by atoms with van der Waals surface area (Å²) in [6, 6.07) is 1.67. The van der Waals surface area contributed by atoms with Crippen LogP contribution >= 0.6 is 0 Å². The number of hydrogen-bond donors (Lipinski definition) is 1. The van der Waals surface area contributed by atoms with E-state index in [0.29, 0.717) is 5.65 Å². The van der Waals surface area contributed by atoms with Crippen LogP contribution in [0.25, 0.3) is 5.65 Å². The average Bonchev–Trinajstić information content (AvgIpc) is 2.36. The molecule has 0 unspecified atom stereocenters. The molecule has 0 aliphatic rings. The van der Waals surface area contributed by atoms with Gasteiger partial charge in [-0.2, -0.15) is 9.61 Å². The highest BCUT2D eigenvalue weighted by Gasteiger charge is 1.93. The SMILES string of the molecule is O=c1cnnc2cc[nH]n12. The molecule has 0 radical (unpaired) electrons. The topological polar surface area (TPSA) is 63.0 Å². The molecule has 2 aromatic heterocycles. The van der Waals surface area contributed by atoms with Gasteiger partial charge in [0.05, 0.1) is 0 Å². The average molecular weight is 136 g/mol. The highest BCUT2D eigenvalue weighted by atomic mass is 16.1. The summed E-state index contributed by atoms with van der Waals surface area (Å²) in [6.45, 7) is 0. The first-order chi connectivity index (χ1) is 4.88. The van der Waals surface area contributed by atoms with Gasteiger partial charge in [0, 0.05) is 12.3 Å². The van der Waals surface area contributed by atoms with Gasteiger partial charge in [0.25, 0.3) is 5.56 Å². The van der Waals surface area contributed by atoms with E-state index in [2.05, 4.69) is 15.3 Å². The lowest BCUT2D eigenvalue weighted by molar-refractivity contribution is 0.852. The fourth-order valence-corrected chi connectivity index (χ4v) is 0.777. The number of nitrogens with zero attached hydrogens (tertiary/aromatic N) is 3. The second-order valence-electron chi connectivity index (χ2n) is 1.84. The van der Waals surface area contributed by atoms with Crippen molar-refractivity contribution in [1.82, 2.24) is 19.8 Å². The van der Waals surface area contributed by atoms with E-state index in [1.54, 1.807) is 12.3 Å². The molecule has 0 aromatic carbocycles. The maximum Gasteiger partial charge on any atom is 0.291 e.